The van der Waals surface area contributed by atoms with Gasteiger partial charge in [-0.1, -0.05) is 39.3 Å². The summed E-state index contributed by atoms with van der Waals surface area (Å²) in [6.07, 6.45) is -3.57. The second-order valence-electron chi connectivity index (χ2n) is 19.1. The van der Waals surface area contributed by atoms with Crippen molar-refractivity contribution in [2.24, 2.45) is 11.7 Å². The molecule has 1 aromatic rings. The Balaban J connectivity index is 2.17. The Kier molecular flexibility index (Phi) is 28.1. The summed E-state index contributed by atoms with van der Waals surface area (Å²) >= 11 is 0. The summed E-state index contributed by atoms with van der Waals surface area (Å²) in [6.45, 7) is 3.87. The molecular formula is C49H73N11O20. The van der Waals surface area contributed by atoms with Gasteiger partial charge in [0, 0.05) is 32.7 Å². The van der Waals surface area contributed by atoms with Crippen molar-refractivity contribution < 1.29 is 97.8 Å². The molecule has 1 aromatic carbocycles. The minimum absolute atomic E-state index is 0.00803. The number of nitrogens with zero attached hydrogens (tertiary/aromatic N) is 1. The number of primary amides is 1. The number of carboxylic acids is 2. The number of amides is 11. The quantitative estimate of drug-likeness (QED) is 0.0285. The molecule has 3 unspecified atom stereocenters. The standard InChI is InChI=1S/C49H73N11O20/c1-6-8-28(53-46(77)34-9-7-18-60(34)49(80)38(23(2)3)59-43(74)30(15-17-37(69)70)54-42(73)29(52-25(5)64)14-16-36(67)68)40(71)48(79)51-20-35(66)58-39(24(4)63)47(78)57-33(22-62)45(76)55-31(19-26-10-12-27(65)13-11-26)44(75)56-32(21-61)41(50)72/h10-13,23-24,28-34,38-39,61-63,65H,6-9,14-22H2,1-5H3,(H2,50,72)(H,51,79)(H,52,64)(H,53,77)(H,54,73)(H,55,76)(H,56,75)(H,57,78)(H,58,66)(H,59,74)(H,67,68)(H,69,70)/t24?,28-,29?,30+,31+,32+,33+,34?,38-,39-/m0/s1. The number of carbonyl (C=O) groups is 14. The van der Waals surface area contributed by atoms with Gasteiger partial charge in [0.15, 0.2) is 0 Å². The summed E-state index contributed by atoms with van der Waals surface area (Å²) in [7, 11) is 0. The van der Waals surface area contributed by atoms with Crippen molar-refractivity contribution in [3.63, 3.8) is 0 Å². The third-order valence-electron chi connectivity index (χ3n) is 12.3. The number of nitrogens with two attached hydrogens (primary N) is 1. The van der Waals surface area contributed by atoms with Gasteiger partial charge in [0.25, 0.3) is 5.91 Å². The number of likely N-dealkylation sites (tertiary alicyclic amines) is 1. The molecular weight excluding hydrogens is 1060 g/mol. The Labute approximate surface area is 458 Å². The first kappa shape index (κ1) is 67.8. The molecule has 2 rings (SSSR count). The molecule has 1 heterocycles. The number of aromatic hydroxyl groups is 1. The van der Waals surface area contributed by atoms with Crippen LogP contribution in [0, 0.1) is 5.92 Å². The largest absolute Gasteiger partial charge is 0.508 e. The van der Waals surface area contributed by atoms with Gasteiger partial charge in [0.1, 0.15) is 54.1 Å². The zero-order valence-corrected chi connectivity index (χ0v) is 44.8. The van der Waals surface area contributed by atoms with Crippen LogP contribution in [0.5, 0.6) is 5.75 Å². The summed E-state index contributed by atoms with van der Waals surface area (Å²) < 4.78 is 0. The average Bonchev–Trinajstić information content (AvgIpc) is 3.89. The van der Waals surface area contributed by atoms with Crippen LogP contribution in [-0.2, 0) is 73.5 Å². The number of hydrogen-bond acceptors (Lipinski definition) is 18. The summed E-state index contributed by atoms with van der Waals surface area (Å²) in [6, 6.07) is -8.59. The molecule has 0 spiro atoms. The highest BCUT2D eigenvalue weighted by Gasteiger charge is 2.41. The predicted octanol–water partition coefficient (Wildman–Crippen LogP) is -6.45. The monoisotopic (exact) mass is 1140 g/mol. The van der Waals surface area contributed by atoms with Crippen LogP contribution >= 0.6 is 0 Å². The molecule has 11 amide bonds. The molecule has 444 valence electrons. The Hall–Kier alpha value is -8.32. The molecule has 17 N–H and O–H groups in total. The van der Waals surface area contributed by atoms with E-state index in [1.807, 2.05) is 0 Å². The Morgan fingerprint density at radius 3 is 1.66 bits per heavy atom. The third-order valence-corrected chi connectivity index (χ3v) is 12.3. The number of benzene rings is 1. The van der Waals surface area contributed by atoms with E-state index in [-0.39, 0.29) is 50.8 Å². The van der Waals surface area contributed by atoms with E-state index in [4.69, 9.17) is 10.8 Å². The van der Waals surface area contributed by atoms with Gasteiger partial charge in [-0.2, -0.15) is 0 Å². The van der Waals surface area contributed by atoms with Crippen LogP contribution < -0.4 is 53.6 Å². The number of aliphatic hydroxyl groups is 3. The lowest BCUT2D eigenvalue weighted by atomic mass is 10.0. The van der Waals surface area contributed by atoms with E-state index in [0.717, 1.165) is 18.7 Å². The Morgan fingerprint density at radius 1 is 0.637 bits per heavy atom. The predicted molar refractivity (Wildman–Crippen MR) is 274 cm³/mol. The molecule has 10 atom stereocenters. The van der Waals surface area contributed by atoms with E-state index < -0.39 is 188 Å². The number of hydrogen-bond donors (Lipinski definition) is 16. The van der Waals surface area contributed by atoms with E-state index in [1.165, 1.54) is 24.3 Å². The summed E-state index contributed by atoms with van der Waals surface area (Å²) in [4.78, 5) is 182. The lowest BCUT2D eigenvalue weighted by Crippen LogP contribution is -2.61. The van der Waals surface area contributed by atoms with Crippen LogP contribution in [0.25, 0.3) is 0 Å². The first-order valence-corrected chi connectivity index (χ1v) is 25.5. The summed E-state index contributed by atoms with van der Waals surface area (Å²) in [5, 5.41) is 78.5. The summed E-state index contributed by atoms with van der Waals surface area (Å²) in [5.74, 6) is -16.1. The number of aliphatic carboxylic acids is 2. The first-order valence-electron chi connectivity index (χ1n) is 25.5. The van der Waals surface area contributed by atoms with Crippen molar-refractivity contribution in [2.75, 3.05) is 26.3 Å². The number of ketones is 1. The number of nitrogens with one attached hydrogen (secondary N) is 9. The first-order chi connectivity index (χ1) is 37.5. The lowest BCUT2D eigenvalue weighted by molar-refractivity contribution is -0.144. The van der Waals surface area contributed by atoms with Gasteiger partial charge in [0.05, 0.1) is 31.9 Å². The van der Waals surface area contributed by atoms with Gasteiger partial charge in [-0.25, -0.2) is 0 Å². The van der Waals surface area contributed by atoms with Crippen molar-refractivity contribution in [1.29, 1.82) is 0 Å². The molecule has 0 bridgehead atoms. The topological polar surface area (TPSA) is 498 Å². The van der Waals surface area contributed by atoms with Gasteiger partial charge in [-0.3, -0.25) is 67.1 Å². The maximum atomic E-state index is 14.1. The number of phenolic OH excluding ortho intramolecular Hbond substituents is 1. The maximum absolute atomic E-state index is 14.1. The Morgan fingerprint density at radius 2 is 1.15 bits per heavy atom. The lowest BCUT2D eigenvalue weighted by Gasteiger charge is -2.32. The number of Topliss-reactive ketones (excluding diaryl/α,β-unsaturated/α-hetero) is 1. The third kappa shape index (κ3) is 22.2. The fourth-order valence-corrected chi connectivity index (χ4v) is 7.99. The van der Waals surface area contributed by atoms with E-state index in [2.05, 4.69) is 47.9 Å². The van der Waals surface area contributed by atoms with Crippen LogP contribution in [0.3, 0.4) is 0 Å². The fraction of sp³-hybridized carbons (Fsp3) is 0.592. The van der Waals surface area contributed by atoms with Gasteiger partial charge in [0.2, 0.25) is 64.9 Å². The van der Waals surface area contributed by atoms with Crippen molar-refractivity contribution >= 4 is 82.7 Å². The molecule has 1 fully saturated rings. The van der Waals surface area contributed by atoms with Crippen LogP contribution in [0.15, 0.2) is 24.3 Å². The van der Waals surface area contributed by atoms with Crippen LogP contribution in [0.4, 0.5) is 0 Å². The van der Waals surface area contributed by atoms with Crippen molar-refractivity contribution in [3.8, 4) is 5.75 Å². The van der Waals surface area contributed by atoms with Crippen molar-refractivity contribution in [1.82, 2.24) is 52.8 Å². The second-order valence-corrected chi connectivity index (χ2v) is 19.1. The number of phenols is 1. The highest BCUT2D eigenvalue weighted by atomic mass is 16.4. The number of carboxylic acid groups (broad SMARTS) is 2. The normalized spacial score (nSPS) is 16.3. The van der Waals surface area contributed by atoms with Crippen LogP contribution in [0.1, 0.15) is 91.5 Å². The molecule has 0 aromatic heterocycles. The molecule has 0 aliphatic carbocycles. The SMILES string of the molecule is CCC[C@H](NC(=O)C1CCCN1C(=O)[C@@H](NC(=O)[C@@H](CCC(=O)O)NC(=O)C(CCC(=O)O)NC(C)=O)C(C)C)C(=O)C(=O)NCC(=O)N[C@H](C(=O)N[C@H](CO)C(=O)N[C@H](Cc1ccc(O)cc1)C(=O)N[C@H](CO)C(N)=O)C(C)O. The molecule has 1 aliphatic rings. The molecule has 0 saturated carbocycles. The van der Waals surface area contributed by atoms with Crippen LogP contribution in [-0.4, -0.2) is 205 Å². The molecule has 80 heavy (non-hydrogen) atoms. The van der Waals surface area contributed by atoms with Gasteiger partial charge in [-0.15, -0.1) is 0 Å². The molecule has 31 nitrogen and oxygen atoms in total. The van der Waals surface area contributed by atoms with Crippen molar-refractivity contribution in [2.45, 2.75) is 153 Å². The van der Waals surface area contributed by atoms with E-state index in [1.54, 1.807) is 20.8 Å². The molecule has 0 radical (unpaired) electrons. The van der Waals surface area contributed by atoms with Crippen LogP contribution in [0.2, 0.25) is 0 Å². The minimum atomic E-state index is -1.87. The molecule has 1 aliphatic heterocycles. The highest BCUT2D eigenvalue weighted by molar-refractivity contribution is 6.38. The number of carbonyl (C=O) groups excluding carboxylic acids is 12. The highest BCUT2D eigenvalue weighted by Crippen LogP contribution is 2.22. The molecule has 1 saturated heterocycles. The second kappa shape index (κ2) is 33.2. The van der Waals surface area contributed by atoms with Gasteiger partial charge >= 0.3 is 11.9 Å². The smallest absolute Gasteiger partial charge is 0.303 e. The van der Waals surface area contributed by atoms with Gasteiger partial charge < -0.3 is 89.1 Å². The van der Waals surface area contributed by atoms with E-state index in [0.29, 0.717) is 5.56 Å². The van der Waals surface area contributed by atoms with E-state index in [9.17, 15) is 92.7 Å². The average molecular weight is 1140 g/mol. The number of aliphatic hydroxyl groups excluding tert-OH is 3. The zero-order valence-electron chi connectivity index (χ0n) is 44.8. The maximum Gasteiger partial charge on any atom is 0.303 e. The van der Waals surface area contributed by atoms with E-state index >= 15 is 0 Å². The minimum Gasteiger partial charge on any atom is -0.508 e. The van der Waals surface area contributed by atoms with Gasteiger partial charge in [-0.05, 0) is 62.6 Å². The summed E-state index contributed by atoms with van der Waals surface area (Å²) in [5.41, 5.74) is 5.58. The van der Waals surface area contributed by atoms with Crippen molar-refractivity contribution in [3.05, 3.63) is 29.8 Å². The zero-order chi connectivity index (χ0) is 60.6. The fourth-order valence-electron chi connectivity index (χ4n) is 7.99. The Bertz CT molecular complexity index is 2420. The molecule has 31 heteroatoms. The number of rotatable bonds is 34.